The molecule has 0 saturated carbocycles. The van der Waals surface area contributed by atoms with Crippen molar-refractivity contribution in [2.24, 2.45) is 0 Å². The molecule has 3 rings (SSSR count). The molecule has 2 heterocycles. The smallest absolute Gasteiger partial charge is 0.225 e. The lowest BCUT2D eigenvalue weighted by molar-refractivity contribution is 0.109. The summed E-state index contributed by atoms with van der Waals surface area (Å²) in [6.07, 6.45) is 4.63. The standard InChI is InChI=1S/C16H15NO3/c18-11-12-5-7-13(8-6-12)20-16-14(3-1-9-17-16)15-4-2-10-19-15/h1,3,5-9,11,15H,2,4,10H2. The van der Waals surface area contributed by atoms with Gasteiger partial charge in [0.2, 0.25) is 5.88 Å². The van der Waals surface area contributed by atoms with E-state index in [0.717, 1.165) is 31.3 Å². The summed E-state index contributed by atoms with van der Waals surface area (Å²) >= 11 is 0. The molecule has 1 aromatic heterocycles. The molecule has 1 aliphatic rings. The van der Waals surface area contributed by atoms with Crippen molar-refractivity contribution in [2.75, 3.05) is 6.61 Å². The van der Waals surface area contributed by atoms with Crippen LogP contribution in [0.3, 0.4) is 0 Å². The summed E-state index contributed by atoms with van der Waals surface area (Å²) in [5.74, 6) is 1.23. The van der Waals surface area contributed by atoms with Gasteiger partial charge in [-0.2, -0.15) is 0 Å². The summed E-state index contributed by atoms with van der Waals surface area (Å²) in [5.41, 5.74) is 1.60. The largest absolute Gasteiger partial charge is 0.439 e. The first-order valence-electron chi connectivity index (χ1n) is 6.66. The van der Waals surface area contributed by atoms with Crippen LogP contribution in [0.4, 0.5) is 0 Å². The predicted molar refractivity (Wildman–Crippen MR) is 74.1 cm³/mol. The van der Waals surface area contributed by atoms with Crippen LogP contribution >= 0.6 is 0 Å². The van der Waals surface area contributed by atoms with Gasteiger partial charge >= 0.3 is 0 Å². The highest BCUT2D eigenvalue weighted by atomic mass is 16.5. The van der Waals surface area contributed by atoms with E-state index in [2.05, 4.69) is 4.98 Å². The molecule has 1 aromatic carbocycles. The van der Waals surface area contributed by atoms with Crippen LogP contribution in [0.15, 0.2) is 42.6 Å². The van der Waals surface area contributed by atoms with Crippen LogP contribution in [-0.2, 0) is 4.74 Å². The van der Waals surface area contributed by atoms with Crippen molar-refractivity contribution in [1.29, 1.82) is 0 Å². The van der Waals surface area contributed by atoms with Gasteiger partial charge in [-0.3, -0.25) is 4.79 Å². The molecule has 1 unspecified atom stereocenters. The number of carbonyl (C=O) groups is 1. The first-order valence-corrected chi connectivity index (χ1v) is 6.66. The summed E-state index contributed by atoms with van der Waals surface area (Å²) in [5, 5.41) is 0. The Balaban J connectivity index is 1.84. The number of carbonyl (C=O) groups excluding carboxylic acids is 1. The minimum absolute atomic E-state index is 0.0629. The van der Waals surface area contributed by atoms with Gasteiger partial charge in [0.15, 0.2) is 0 Å². The molecular formula is C16H15NO3. The van der Waals surface area contributed by atoms with E-state index < -0.39 is 0 Å². The fraction of sp³-hybridized carbons (Fsp3) is 0.250. The number of hydrogen-bond donors (Lipinski definition) is 0. The van der Waals surface area contributed by atoms with Crippen LogP contribution in [0.1, 0.15) is 34.9 Å². The first kappa shape index (κ1) is 12.8. The summed E-state index contributed by atoms with van der Waals surface area (Å²) in [6.45, 7) is 0.785. The fourth-order valence-corrected chi connectivity index (χ4v) is 2.28. The molecule has 0 spiro atoms. The van der Waals surface area contributed by atoms with Gasteiger partial charge in [0.25, 0.3) is 0 Å². The van der Waals surface area contributed by atoms with E-state index in [4.69, 9.17) is 9.47 Å². The van der Waals surface area contributed by atoms with Crippen molar-refractivity contribution in [2.45, 2.75) is 18.9 Å². The molecule has 4 nitrogen and oxygen atoms in total. The van der Waals surface area contributed by atoms with Gasteiger partial charge in [-0.25, -0.2) is 4.98 Å². The summed E-state index contributed by atoms with van der Waals surface area (Å²) in [6, 6.07) is 10.8. The Bertz CT molecular complexity index is 589. The molecule has 1 aliphatic heterocycles. The van der Waals surface area contributed by atoms with Crippen molar-refractivity contribution < 1.29 is 14.3 Å². The lowest BCUT2D eigenvalue weighted by Crippen LogP contribution is -2.00. The Morgan fingerprint density at radius 3 is 2.80 bits per heavy atom. The third-order valence-corrected chi connectivity index (χ3v) is 3.31. The van der Waals surface area contributed by atoms with Crippen molar-refractivity contribution in [3.63, 3.8) is 0 Å². The highest BCUT2D eigenvalue weighted by Crippen LogP contribution is 2.35. The van der Waals surface area contributed by atoms with Gasteiger partial charge < -0.3 is 9.47 Å². The first-order chi connectivity index (χ1) is 9.86. The van der Waals surface area contributed by atoms with Crippen molar-refractivity contribution in [3.8, 4) is 11.6 Å². The lowest BCUT2D eigenvalue weighted by atomic mass is 10.1. The van der Waals surface area contributed by atoms with Crippen molar-refractivity contribution in [1.82, 2.24) is 4.98 Å². The van der Waals surface area contributed by atoms with E-state index in [1.807, 2.05) is 12.1 Å². The maximum Gasteiger partial charge on any atom is 0.225 e. The second-order valence-corrected chi connectivity index (χ2v) is 4.69. The monoisotopic (exact) mass is 269 g/mol. The normalized spacial score (nSPS) is 17.9. The molecule has 0 N–H and O–H groups in total. The van der Waals surface area contributed by atoms with Crippen LogP contribution in [0.25, 0.3) is 0 Å². The molecule has 1 atom stereocenters. The molecular weight excluding hydrogens is 254 g/mol. The molecule has 1 fully saturated rings. The van der Waals surface area contributed by atoms with Crippen molar-refractivity contribution in [3.05, 3.63) is 53.7 Å². The zero-order valence-electron chi connectivity index (χ0n) is 11.0. The minimum atomic E-state index is 0.0629. The molecule has 0 bridgehead atoms. The average molecular weight is 269 g/mol. The van der Waals surface area contributed by atoms with Crippen LogP contribution in [0.2, 0.25) is 0 Å². The number of aldehydes is 1. The Morgan fingerprint density at radius 2 is 2.10 bits per heavy atom. The minimum Gasteiger partial charge on any atom is -0.439 e. The second kappa shape index (κ2) is 5.84. The molecule has 2 aromatic rings. The number of benzene rings is 1. The third kappa shape index (κ3) is 2.70. The average Bonchev–Trinajstić information content (AvgIpc) is 3.03. The van der Waals surface area contributed by atoms with E-state index in [9.17, 15) is 4.79 Å². The van der Waals surface area contributed by atoms with Crippen LogP contribution < -0.4 is 4.74 Å². The Labute approximate surface area is 117 Å². The van der Waals surface area contributed by atoms with Gasteiger partial charge in [0.1, 0.15) is 12.0 Å². The number of aromatic nitrogens is 1. The fourth-order valence-electron chi connectivity index (χ4n) is 2.28. The molecule has 4 heteroatoms. The van der Waals surface area contributed by atoms with Gasteiger partial charge in [0, 0.05) is 23.9 Å². The summed E-state index contributed by atoms with van der Waals surface area (Å²) in [4.78, 5) is 14.9. The zero-order chi connectivity index (χ0) is 13.8. The highest BCUT2D eigenvalue weighted by molar-refractivity contribution is 5.74. The van der Waals surface area contributed by atoms with E-state index in [-0.39, 0.29) is 6.10 Å². The van der Waals surface area contributed by atoms with E-state index in [1.165, 1.54) is 0 Å². The van der Waals surface area contributed by atoms with Gasteiger partial charge in [0.05, 0.1) is 6.10 Å². The molecule has 20 heavy (non-hydrogen) atoms. The summed E-state index contributed by atoms with van der Waals surface area (Å²) < 4.78 is 11.5. The Kier molecular flexibility index (Phi) is 3.74. The maximum absolute atomic E-state index is 10.6. The third-order valence-electron chi connectivity index (χ3n) is 3.31. The topological polar surface area (TPSA) is 48.4 Å². The van der Waals surface area contributed by atoms with Gasteiger partial charge in [-0.15, -0.1) is 0 Å². The molecule has 102 valence electrons. The molecule has 0 radical (unpaired) electrons. The predicted octanol–water partition coefficient (Wildman–Crippen LogP) is 3.54. The summed E-state index contributed by atoms with van der Waals surface area (Å²) in [7, 11) is 0. The van der Waals surface area contributed by atoms with Gasteiger partial charge in [-0.05, 0) is 49.2 Å². The number of rotatable bonds is 4. The number of hydrogen-bond acceptors (Lipinski definition) is 4. The molecule has 1 saturated heterocycles. The van der Waals surface area contributed by atoms with Crippen LogP contribution in [-0.4, -0.2) is 17.9 Å². The number of nitrogens with zero attached hydrogens (tertiary/aromatic N) is 1. The quantitative estimate of drug-likeness (QED) is 0.796. The van der Waals surface area contributed by atoms with Gasteiger partial charge in [-0.1, -0.05) is 0 Å². The molecule has 0 aliphatic carbocycles. The van der Waals surface area contributed by atoms with Crippen LogP contribution in [0.5, 0.6) is 11.6 Å². The number of ether oxygens (including phenoxy) is 2. The van der Waals surface area contributed by atoms with E-state index in [1.54, 1.807) is 30.5 Å². The Morgan fingerprint density at radius 1 is 1.25 bits per heavy atom. The van der Waals surface area contributed by atoms with E-state index in [0.29, 0.717) is 17.2 Å². The van der Waals surface area contributed by atoms with E-state index >= 15 is 0 Å². The SMILES string of the molecule is O=Cc1ccc(Oc2ncccc2C2CCCO2)cc1. The maximum atomic E-state index is 10.6. The second-order valence-electron chi connectivity index (χ2n) is 4.69. The number of pyridine rings is 1. The highest BCUT2D eigenvalue weighted by Gasteiger charge is 2.22. The Hall–Kier alpha value is -2.20. The lowest BCUT2D eigenvalue weighted by Gasteiger charge is -2.14. The van der Waals surface area contributed by atoms with Crippen LogP contribution in [0, 0.1) is 0 Å². The molecule has 0 amide bonds. The zero-order valence-corrected chi connectivity index (χ0v) is 11.0. The van der Waals surface area contributed by atoms with Crippen molar-refractivity contribution >= 4 is 6.29 Å².